The highest BCUT2D eigenvalue weighted by molar-refractivity contribution is 14.1. The molecule has 0 fully saturated rings. The topological polar surface area (TPSA) is 43.4 Å². The zero-order valence-electron chi connectivity index (χ0n) is 19.6. The second-order valence-electron chi connectivity index (χ2n) is 8.46. The lowest BCUT2D eigenvalue weighted by Crippen LogP contribution is -2.72. The average molecular weight is 750 g/mol. The van der Waals surface area contributed by atoms with Crippen LogP contribution in [0.15, 0.2) is 29.2 Å². The second-order valence-corrected chi connectivity index (χ2v) is 11.8. The number of aryl methyl sites for hydroxylation is 1. The zero-order chi connectivity index (χ0) is 31.8. The third kappa shape index (κ3) is 6.88. The lowest BCUT2D eigenvalue weighted by molar-refractivity contribution is -0.452. The Bertz CT molecular complexity index is 1100. The monoisotopic (exact) mass is 750 g/mol. The van der Waals surface area contributed by atoms with Crippen molar-refractivity contribution in [2.45, 2.75) is 83.1 Å². The molecule has 0 aromatic heterocycles. The number of benzene rings is 1. The quantitative estimate of drug-likeness (QED) is 0.0631. The summed E-state index contributed by atoms with van der Waals surface area (Å²) in [5, 5.41) is 0. The molecule has 234 valence electrons. The van der Waals surface area contributed by atoms with Crippen molar-refractivity contribution in [3.63, 3.8) is 0 Å². The van der Waals surface area contributed by atoms with Gasteiger partial charge in [-0.25, -0.2) is 0 Å². The molecular weight excluding hydrogens is 732 g/mol. The molecule has 0 bridgehead atoms. The molecule has 20 heteroatoms. The van der Waals surface area contributed by atoms with Crippen LogP contribution in [0.3, 0.4) is 0 Å². The van der Waals surface area contributed by atoms with Gasteiger partial charge >= 0.3 is 41.7 Å². The zero-order valence-corrected chi connectivity index (χ0v) is 22.6. The highest BCUT2D eigenvalue weighted by atomic mass is 127. The summed E-state index contributed by atoms with van der Waals surface area (Å²) < 4.78 is 226. The highest BCUT2D eigenvalue weighted by Gasteiger charge is 2.93. The van der Waals surface area contributed by atoms with E-state index in [1.807, 2.05) is 0 Å². The molecule has 0 spiro atoms. The van der Waals surface area contributed by atoms with E-state index in [-0.39, 0.29) is 17.7 Å². The smallest absolute Gasteiger partial charge is 0.266 e. The van der Waals surface area contributed by atoms with Gasteiger partial charge in [-0.2, -0.15) is 74.3 Å². The van der Waals surface area contributed by atoms with Gasteiger partial charge < -0.3 is 0 Å². The maximum atomic E-state index is 14.0. The molecule has 1 unspecified atom stereocenters. The van der Waals surface area contributed by atoms with Gasteiger partial charge in [0.05, 0.1) is 11.5 Å². The van der Waals surface area contributed by atoms with Gasteiger partial charge in [-0.05, 0) is 31.9 Å². The van der Waals surface area contributed by atoms with Crippen LogP contribution < -0.4 is 0 Å². The van der Waals surface area contributed by atoms with Gasteiger partial charge in [0.2, 0.25) is 0 Å². The van der Waals surface area contributed by atoms with Crippen molar-refractivity contribution in [3.8, 4) is 0 Å². The van der Waals surface area contributed by atoms with Crippen molar-refractivity contribution in [2.24, 2.45) is 0 Å². The van der Waals surface area contributed by atoms with Gasteiger partial charge in [-0.1, -0.05) is 46.7 Å². The molecule has 0 aliphatic rings. The molecule has 40 heavy (non-hydrogen) atoms. The SMILES string of the molecule is Cc1ccc(S(=O)(=O)OCCCCC(I)CC(F)(F)C(F)(F)C(F)(F)C(F)(F)C(F)(F)C(F)(F)C(F)(F)F)cc1. The Morgan fingerprint density at radius 3 is 1.57 bits per heavy atom. The normalized spacial score (nSPS) is 15.8. The molecule has 1 rings (SSSR count). The van der Waals surface area contributed by atoms with Crippen LogP contribution in [0.2, 0.25) is 0 Å². The summed E-state index contributed by atoms with van der Waals surface area (Å²) in [4.78, 5) is -0.247. The third-order valence-corrected chi connectivity index (χ3v) is 7.72. The maximum absolute atomic E-state index is 14.0. The molecule has 0 amide bonds. The van der Waals surface area contributed by atoms with E-state index >= 15 is 0 Å². The Labute approximate surface area is 230 Å². The minimum Gasteiger partial charge on any atom is -0.266 e. The number of halogens is 16. The summed E-state index contributed by atoms with van der Waals surface area (Å²) in [5.74, 6) is -46.6. The van der Waals surface area contributed by atoms with E-state index in [1.165, 1.54) is 24.3 Å². The van der Waals surface area contributed by atoms with Gasteiger partial charge in [0, 0.05) is 10.3 Å². The summed E-state index contributed by atoms with van der Waals surface area (Å²) in [7, 11) is -4.25. The number of rotatable bonds is 14. The van der Waals surface area contributed by atoms with E-state index in [0.29, 0.717) is 5.56 Å². The molecule has 0 radical (unpaired) electrons. The van der Waals surface area contributed by atoms with Crippen LogP contribution in [0.4, 0.5) is 65.9 Å². The molecule has 0 saturated carbocycles. The van der Waals surface area contributed by atoms with Crippen LogP contribution in [0.25, 0.3) is 0 Å². The van der Waals surface area contributed by atoms with Gasteiger partial charge in [0.1, 0.15) is 0 Å². The van der Waals surface area contributed by atoms with Gasteiger partial charge in [0.25, 0.3) is 10.1 Å². The number of hydrogen-bond acceptors (Lipinski definition) is 3. The van der Waals surface area contributed by atoms with Gasteiger partial charge in [-0.15, -0.1) is 0 Å². The lowest BCUT2D eigenvalue weighted by atomic mass is 9.89. The minimum absolute atomic E-state index is 0.247. The molecule has 1 atom stereocenters. The number of hydrogen-bond donors (Lipinski definition) is 0. The summed E-state index contributed by atoms with van der Waals surface area (Å²) in [6, 6.07) is 5.28. The van der Waals surface area contributed by atoms with Crippen LogP contribution in [0, 0.1) is 6.92 Å². The first-order valence-electron chi connectivity index (χ1n) is 10.5. The fourth-order valence-electron chi connectivity index (χ4n) is 2.92. The molecule has 0 saturated heterocycles. The Morgan fingerprint density at radius 1 is 0.700 bits per heavy atom. The highest BCUT2D eigenvalue weighted by Crippen LogP contribution is 2.62. The minimum atomic E-state index is -8.31. The van der Waals surface area contributed by atoms with E-state index in [9.17, 15) is 74.3 Å². The number of alkyl halides is 16. The lowest BCUT2D eigenvalue weighted by Gasteiger charge is -2.41. The van der Waals surface area contributed by atoms with Gasteiger partial charge in [-0.3, -0.25) is 4.18 Å². The first-order chi connectivity index (χ1) is 17.6. The predicted molar refractivity (Wildman–Crippen MR) is 116 cm³/mol. The van der Waals surface area contributed by atoms with Crippen molar-refractivity contribution in [2.75, 3.05) is 6.61 Å². The van der Waals surface area contributed by atoms with Crippen LogP contribution in [-0.4, -0.2) is 60.7 Å². The van der Waals surface area contributed by atoms with E-state index in [0.717, 1.165) is 22.6 Å². The molecule has 0 aliphatic heterocycles. The van der Waals surface area contributed by atoms with Crippen molar-refractivity contribution in [1.82, 2.24) is 0 Å². The molecule has 1 aromatic carbocycles. The first-order valence-corrected chi connectivity index (χ1v) is 13.2. The molecular formula is C20H18F15IO3S. The Balaban J connectivity index is 2.92. The molecule has 3 nitrogen and oxygen atoms in total. The van der Waals surface area contributed by atoms with Gasteiger partial charge in [0.15, 0.2) is 0 Å². The fraction of sp³-hybridized carbons (Fsp3) is 0.700. The van der Waals surface area contributed by atoms with E-state index < -0.39 is 75.2 Å². The number of unbranched alkanes of at least 4 members (excludes halogenated alkanes) is 1. The first kappa shape index (κ1) is 36.8. The fourth-order valence-corrected chi connectivity index (χ4v) is 4.85. The molecule has 1 aromatic rings. The Morgan fingerprint density at radius 2 is 1.12 bits per heavy atom. The molecule has 0 heterocycles. The third-order valence-electron chi connectivity index (χ3n) is 5.33. The summed E-state index contributed by atoms with van der Waals surface area (Å²) >= 11 is 0.954. The molecule has 0 N–H and O–H groups in total. The van der Waals surface area contributed by atoms with Crippen LogP contribution >= 0.6 is 22.6 Å². The van der Waals surface area contributed by atoms with Crippen LogP contribution in [-0.2, 0) is 14.3 Å². The van der Waals surface area contributed by atoms with E-state index in [2.05, 4.69) is 4.18 Å². The largest absolute Gasteiger partial charge is 0.460 e. The van der Waals surface area contributed by atoms with Crippen LogP contribution in [0.5, 0.6) is 0 Å². The van der Waals surface area contributed by atoms with Crippen molar-refractivity contribution in [1.29, 1.82) is 0 Å². The van der Waals surface area contributed by atoms with Crippen LogP contribution in [0.1, 0.15) is 31.2 Å². The van der Waals surface area contributed by atoms with Crippen molar-refractivity contribution < 1.29 is 78.5 Å². The van der Waals surface area contributed by atoms with Crippen molar-refractivity contribution >= 4 is 32.7 Å². The summed E-state index contributed by atoms with van der Waals surface area (Å²) in [6.07, 6.45) is -11.2. The van der Waals surface area contributed by atoms with Crippen molar-refractivity contribution in [3.05, 3.63) is 29.8 Å². The van der Waals surface area contributed by atoms with E-state index in [1.54, 1.807) is 6.92 Å². The second kappa shape index (κ2) is 11.8. The molecule has 0 aliphatic carbocycles. The standard InChI is InChI=1S/C20H18F15IO3S/c1-11-5-7-13(8-6-11)40(37,38)39-9-3-2-4-12(36)10-14(21,22)15(23,24)16(25,26)17(27,28)18(29,30)19(31,32)20(33,34)35/h5-8,12H,2-4,9-10H2,1H3. The summed E-state index contributed by atoms with van der Waals surface area (Å²) in [5.41, 5.74) is 0.712. The predicted octanol–water partition coefficient (Wildman–Crippen LogP) is 8.44. The van der Waals surface area contributed by atoms with E-state index in [4.69, 9.17) is 0 Å². The Kier molecular flexibility index (Phi) is 10.9. The average Bonchev–Trinajstić information content (AvgIpc) is 2.77. The Hall–Kier alpha value is -1.19. The maximum Gasteiger partial charge on any atom is 0.460 e. The summed E-state index contributed by atoms with van der Waals surface area (Å²) in [6.45, 7) is 1.09.